The fourth-order valence-corrected chi connectivity index (χ4v) is 4.24. The van der Waals surface area contributed by atoms with Gasteiger partial charge in [-0.2, -0.15) is 0 Å². The molecule has 0 aliphatic carbocycles. The molecule has 35 heavy (non-hydrogen) atoms. The number of rotatable bonds is 9. The zero-order valence-electron chi connectivity index (χ0n) is 19.6. The number of nitrogens with one attached hydrogen (secondary N) is 2. The third kappa shape index (κ3) is 7.47. The van der Waals surface area contributed by atoms with Gasteiger partial charge in [-0.1, -0.05) is 36.4 Å². The van der Waals surface area contributed by atoms with Crippen molar-refractivity contribution in [2.45, 2.75) is 20.0 Å². The number of carbonyl (C=O) groups excluding carboxylic acids is 1. The van der Waals surface area contributed by atoms with Gasteiger partial charge >= 0.3 is 29.6 Å². The molecule has 2 N–H and O–H groups in total. The number of aromatic nitrogens is 1. The first-order valence-electron chi connectivity index (χ1n) is 10.8. The Hall–Kier alpha value is -2.53. The third-order valence-corrected chi connectivity index (χ3v) is 5.91. The molecular weight excluding hydrogens is 477 g/mol. The van der Waals surface area contributed by atoms with Crippen molar-refractivity contribution in [3.63, 3.8) is 0 Å². The minimum Gasteiger partial charge on any atom is -0.748 e. The van der Waals surface area contributed by atoms with Crippen molar-refractivity contribution in [1.82, 2.24) is 4.98 Å². The van der Waals surface area contributed by atoms with Gasteiger partial charge in [0.1, 0.15) is 0 Å². The molecule has 0 unspecified atom stereocenters. The number of benzene rings is 3. The summed E-state index contributed by atoms with van der Waals surface area (Å²) in [6, 6.07) is 21.3. The van der Waals surface area contributed by atoms with Gasteiger partial charge in [0.05, 0.1) is 33.4 Å². The standard InChI is InChI=1S/C25H25N3O5S.Na/c1-17(29)26-19-13-18(16-33-11-6-12-34(30,31)32)14-20(15-19)27-25-21-7-2-4-9-23(21)28-24-10-5-3-8-22(24)25;/h2-5,7-10,13-15H,6,11-12,16H2,1H3,(H,26,29)(H,27,28)(H,30,31,32);/q;+1/p-1. The topological polar surface area (TPSA) is 120 Å². The molecule has 4 rings (SSSR count). The molecule has 1 aromatic heterocycles. The predicted octanol–water partition coefficient (Wildman–Crippen LogP) is 1.55. The van der Waals surface area contributed by atoms with Gasteiger partial charge in [-0.25, -0.2) is 13.4 Å². The van der Waals surface area contributed by atoms with Crippen molar-refractivity contribution in [2.24, 2.45) is 0 Å². The summed E-state index contributed by atoms with van der Waals surface area (Å²) in [6.07, 6.45) is 0.122. The molecule has 4 aromatic rings. The van der Waals surface area contributed by atoms with Crippen LogP contribution in [0.5, 0.6) is 0 Å². The second kappa shape index (κ2) is 11.9. The number of amides is 1. The van der Waals surface area contributed by atoms with Crippen LogP contribution in [0.15, 0.2) is 66.7 Å². The first kappa shape index (κ1) is 27.1. The number of pyridine rings is 1. The average molecular weight is 502 g/mol. The summed E-state index contributed by atoms with van der Waals surface area (Å²) in [5.41, 5.74) is 4.74. The number of para-hydroxylation sites is 2. The van der Waals surface area contributed by atoms with Crippen LogP contribution in [0.25, 0.3) is 21.8 Å². The van der Waals surface area contributed by atoms with E-state index in [4.69, 9.17) is 9.72 Å². The molecule has 0 spiro atoms. The van der Waals surface area contributed by atoms with E-state index in [1.807, 2.05) is 60.7 Å². The Morgan fingerprint density at radius 2 is 1.57 bits per heavy atom. The molecule has 0 saturated heterocycles. The van der Waals surface area contributed by atoms with Crippen molar-refractivity contribution >= 4 is 54.9 Å². The molecule has 0 radical (unpaired) electrons. The van der Waals surface area contributed by atoms with Crippen LogP contribution in [0.4, 0.5) is 17.1 Å². The SMILES string of the molecule is CC(=O)Nc1cc(COCCCS(=O)(=O)[O-])cc(Nc2c3ccccc3nc3ccccc23)c1.[Na+]. The normalized spacial score (nSPS) is 11.3. The van der Waals surface area contributed by atoms with Crippen LogP contribution in [0.3, 0.4) is 0 Å². The molecule has 8 nitrogen and oxygen atoms in total. The van der Waals surface area contributed by atoms with Crippen molar-refractivity contribution in [1.29, 1.82) is 0 Å². The maximum atomic E-state index is 11.7. The van der Waals surface area contributed by atoms with Crippen molar-refractivity contribution in [2.75, 3.05) is 23.0 Å². The van der Waals surface area contributed by atoms with Gasteiger partial charge in [0, 0.05) is 41.4 Å². The Labute approximate surface area is 226 Å². The summed E-state index contributed by atoms with van der Waals surface area (Å²) < 4.78 is 37.8. The van der Waals surface area contributed by atoms with Gasteiger partial charge in [-0.15, -0.1) is 0 Å². The van der Waals surface area contributed by atoms with E-state index >= 15 is 0 Å². The van der Waals surface area contributed by atoms with Crippen LogP contribution in [0.2, 0.25) is 0 Å². The van der Waals surface area contributed by atoms with Gasteiger partial charge in [-0.05, 0) is 42.3 Å². The van der Waals surface area contributed by atoms with Gasteiger partial charge in [0.25, 0.3) is 0 Å². The molecule has 0 saturated carbocycles. The Kier molecular flexibility index (Phi) is 9.23. The van der Waals surface area contributed by atoms with Crippen LogP contribution < -0.4 is 40.2 Å². The molecular formula is C25H24N3NaO5S. The second-order valence-corrected chi connectivity index (χ2v) is 9.44. The van der Waals surface area contributed by atoms with Crippen LogP contribution >= 0.6 is 0 Å². The van der Waals surface area contributed by atoms with Crippen LogP contribution in [0, 0.1) is 0 Å². The minimum absolute atomic E-state index is 0. The first-order valence-corrected chi connectivity index (χ1v) is 12.3. The van der Waals surface area contributed by atoms with E-state index in [9.17, 15) is 17.8 Å². The number of anilines is 3. The summed E-state index contributed by atoms with van der Waals surface area (Å²) in [7, 11) is -4.26. The minimum atomic E-state index is -4.26. The van der Waals surface area contributed by atoms with E-state index in [1.165, 1.54) is 6.92 Å². The molecule has 0 aliphatic heterocycles. The van der Waals surface area contributed by atoms with Gasteiger partial charge in [0.2, 0.25) is 5.91 Å². The summed E-state index contributed by atoms with van der Waals surface area (Å²) in [6.45, 7) is 1.76. The van der Waals surface area contributed by atoms with Crippen LogP contribution in [0.1, 0.15) is 18.9 Å². The summed E-state index contributed by atoms with van der Waals surface area (Å²) >= 11 is 0. The molecule has 1 heterocycles. The van der Waals surface area contributed by atoms with Crippen molar-refractivity contribution in [3.05, 3.63) is 72.3 Å². The van der Waals surface area contributed by atoms with Gasteiger partial charge in [0.15, 0.2) is 0 Å². The van der Waals surface area contributed by atoms with Gasteiger partial charge < -0.3 is 19.9 Å². The van der Waals surface area contributed by atoms with E-state index in [0.29, 0.717) is 5.69 Å². The summed E-state index contributed by atoms with van der Waals surface area (Å²) in [5, 5.41) is 8.22. The molecule has 0 aliphatic rings. The van der Waals surface area contributed by atoms with Crippen LogP contribution in [-0.2, 0) is 26.3 Å². The number of hydrogen-bond acceptors (Lipinski definition) is 7. The van der Waals surface area contributed by atoms with E-state index in [-0.39, 0.29) is 55.1 Å². The Morgan fingerprint density at radius 3 is 2.17 bits per heavy atom. The molecule has 10 heteroatoms. The van der Waals surface area contributed by atoms with Crippen LogP contribution in [-0.4, -0.2) is 36.2 Å². The zero-order valence-corrected chi connectivity index (χ0v) is 22.4. The summed E-state index contributed by atoms with van der Waals surface area (Å²) in [4.78, 5) is 16.4. The fraction of sp³-hybridized carbons (Fsp3) is 0.200. The molecule has 1 amide bonds. The second-order valence-electron chi connectivity index (χ2n) is 7.91. The molecule has 3 aromatic carbocycles. The smallest absolute Gasteiger partial charge is 0.748 e. The van der Waals surface area contributed by atoms with Crippen molar-refractivity contribution in [3.8, 4) is 0 Å². The van der Waals surface area contributed by atoms with E-state index < -0.39 is 15.9 Å². The monoisotopic (exact) mass is 501 g/mol. The van der Waals surface area contributed by atoms with E-state index in [2.05, 4.69) is 10.6 Å². The van der Waals surface area contributed by atoms with Gasteiger partial charge in [-0.3, -0.25) is 4.79 Å². The predicted molar refractivity (Wildman–Crippen MR) is 132 cm³/mol. The Bertz CT molecular complexity index is 1410. The maximum Gasteiger partial charge on any atom is 1.00 e. The van der Waals surface area contributed by atoms with E-state index in [1.54, 1.807) is 6.07 Å². The number of ether oxygens (including phenoxy) is 1. The maximum absolute atomic E-state index is 11.7. The first-order chi connectivity index (χ1) is 16.3. The molecule has 176 valence electrons. The number of hydrogen-bond donors (Lipinski definition) is 2. The molecule has 0 bridgehead atoms. The largest absolute Gasteiger partial charge is 1.00 e. The van der Waals surface area contributed by atoms with Crippen molar-refractivity contribution < 1.29 is 52.1 Å². The zero-order chi connectivity index (χ0) is 24.1. The Balaban J connectivity index is 0.00000342. The number of carbonyl (C=O) groups is 1. The summed E-state index contributed by atoms with van der Waals surface area (Å²) in [5.74, 6) is -0.669. The average Bonchev–Trinajstić information content (AvgIpc) is 2.77. The quantitative estimate of drug-likeness (QED) is 0.155. The Morgan fingerprint density at radius 1 is 0.971 bits per heavy atom. The number of fused-ring (bicyclic) bond motifs is 2. The molecule has 0 fully saturated rings. The third-order valence-electron chi connectivity index (χ3n) is 5.12. The fourth-order valence-electron chi connectivity index (χ4n) is 3.77. The number of nitrogens with zero attached hydrogens (tertiary/aromatic N) is 1. The van der Waals surface area contributed by atoms with E-state index in [0.717, 1.165) is 38.7 Å². The molecule has 0 atom stereocenters.